The summed E-state index contributed by atoms with van der Waals surface area (Å²) in [6.07, 6.45) is 1.81. The van der Waals surface area contributed by atoms with E-state index in [4.69, 9.17) is 9.26 Å². The van der Waals surface area contributed by atoms with Gasteiger partial charge in [-0.25, -0.2) is 4.39 Å². The van der Waals surface area contributed by atoms with Crippen molar-refractivity contribution in [1.82, 2.24) is 20.4 Å². The molecular formula is C25H29FN4O3S. The number of carbonyl (C=O) groups excluding carboxylic acids is 1. The lowest BCUT2D eigenvalue weighted by molar-refractivity contribution is -0.126. The zero-order chi connectivity index (χ0) is 23.8. The van der Waals surface area contributed by atoms with Crippen LogP contribution in [0.4, 0.5) is 4.39 Å². The van der Waals surface area contributed by atoms with E-state index in [0.29, 0.717) is 42.7 Å². The number of ether oxygens (including phenoxy) is 1. The second kappa shape index (κ2) is 12.0. The maximum atomic E-state index is 13.7. The predicted octanol–water partition coefficient (Wildman–Crippen LogP) is 4.15. The zero-order valence-electron chi connectivity index (χ0n) is 19.2. The summed E-state index contributed by atoms with van der Waals surface area (Å²) in [5, 5.41) is 7.12. The Morgan fingerprint density at radius 3 is 2.88 bits per heavy atom. The lowest BCUT2D eigenvalue weighted by Gasteiger charge is -2.30. The fraction of sp³-hybridized carbons (Fsp3) is 0.400. The Hall–Kier alpha value is -2.91. The number of methoxy groups -OCH3 is 1. The number of nitrogens with zero attached hydrogens (tertiary/aromatic N) is 3. The van der Waals surface area contributed by atoms with Gasteiger partial charge in [-0.2, -0.15) is 16.7 Å². The number of rotatable bonds is 10. The van der Waals surface area contributed by atoms with Gasteiger partial charge < -0.3 is 14.6 Å². The van der Waals surface area contributed by atoms with Crippen LogP contribution in [-0.4, -0.2) is 53.4 Å². The lowest BCUT2D eigenvalue weighted by atomic mass is 9.97. The molecule has 1 unspecified atom stereocenters. The standard InChI is InChI=1S/C25H29FN4O3S/c1-32-21-10-8-18(9-11-21)24-28-23(33-29-24)16-30-13-4-6-19(15-30)25(31)27-12-14-34-17-20-5-2-3-7-22(20)26/h2-3,5,7-11,19H,4,6,12-17H2,1H3,(H,27,31). The Balaban J connectivity index is 1.20. The molecule has 1 saturated heterocycles. The zero-order valence-corrected chi connectivity index (χ0v) is 20.0. The van der Waals surface area contributed by atoms with Crippen molar-refractivity contribution in [1.29, 1.82) is 0 Å². The van der Waals surface area contributed by atoms with Crippen molar-refractivity contribution in [3.63, 3.8) is 0 Å². The Kier molecular flexibility index (Phi) is 8.54. The normalized spacial score (nSPS) is 16.4. The Labute approximate surface area is 203 Å². The van der Waals surface area contributed by atoms with Crippen molar-refractivity contribution in [2.75, 3.05) is 32.5 Å². The van der Waals surface area contributed by atoms with Crippen LogP contribution in [0.25, 0.3) is 11.4 Å². The molecule has 0 radical (unpaired) electrons. The number of benzene rings is 2. The van der Waals surface area contributed by atoms with E-state index in [1.165, 1.54) is 6.07 Å². The maximum absolute atomic E-state index is 13.7. The highest BCUT2D eigenvalue weighted by molar-refractivity contribution is 7.98. The molecule has 1 N–H and O–H groups in total. The van der Waals surface area contributed by atoms with Gasteiger partial charge in [-0.15, -0.1) is 0 Å². The molecule has 0 aliphatic carbocycles. The van der Waals surface area contributed by atoms with Crippen LogP contribution in [0.5, 0.6) is 5.75 Å². The smallest absolute Gasteiger partial charge is 0.241 e. The van der Waals surface area contributed by atoms with E-state index in [9.17, 15) is 9.18 Å². The minimum Gasteiger partial charge on any atom is -0.497 e. The van der Waals surface area contributed by atoms with Crippen molar-refractivity contribution >= 4 is 17.7 Å². The van der Waals surface area contributed by atoms with Crippen molar-refractivity contribution < 1.29 is 18.4 Å². The fourth-order valence-electron chi connectivity index (χ4n) is 3.97. The first-order chi connectivity index (χ1) is 16.6. The molecular weight excluding hydrogens is 455 g/mol. The van der Waals surface area contributed by atoms with Crippen LogP contribution in [-0.2, 0) is 17.1 Å². The first-order valence-electron chi connectivity index (χ1n) is 11.4. The van der Waals surface area contributed by atoms with E-state index in [1.807, 2.05) is 30.3 Å². The van der Waals surface area contributed by atoms with E-state index in [1.54, 1.807) is 31.0 Å². The Morgan fingerprint density at radius 2 is 2.09 bits per heavy atom. The molecule has 7 nitrogen and oxygen atoms in total. The van der Waals surface area contributed by atoms with E-state index in [0.717, 1.165) is 36.5 Å². The van der Waals surface area contributed by atoms with Gasteiger partial charge in [0.15, 0.2) is 0 Å². The summed E-state index contributed by atoms with van der Waals surface area (Å²) in [5.74, 6) is 3.02. The van der Waals surface area contributed by atoms with E-state index in [-0.39, 0.29) is 17.6 Å². The van der Waals surface area contributed by atoms with E-state index >= 15 is 0 Å². The number of hydrogen-bond donors (Lipinski definition) is 1. The van der Waals surface area contributed by atoms with Crippen LogP contribution in [0.3, 0.4) is 0 Å². The quantitative estimate of drug-likeness (QED) is 0.433. The third-order valence-corrected chi connectivity index (χ3v) is 6.82. The van der Waals surface area contributed by atoms with Crippen LogP contribution < -0.4 is 10.1 Å². The molecule has 2 heterocycles. The van der Waals surface area contributed by atoms with Crippen molar-refractivity contribution in [3.8, 4) is 17.1 Å². The van der Waals surface area contributed by atoms with Crippen molar-refractivity contribution in [2.45, 2.75) is 25.1 Å². The molecule has 9 heteroatoms. The number of amides is 1. The van der Waals surface area contributed by atoms with Gasteiger partial charge in [0.1, 0.15) is 11.6 Å². The molecule has 0 saturated carbocycles. The minimum atomic E-state index is -0.182. The third-order valence-electron chi connectivity index (χ3n) is 5.81. The van der Waals surface area contributed by atoms with Gasteiger partial charge in [-0.1, -0.05) is 23.4 Å². The molecule has 4 rings (SSSR count). The number of hydrogen-bond acceptors (Lipinski definition) is 7. The minimum absolute atomic E-state index is 0.0608. The monoisotopic (exact) mass is 484 g/mol. The summed E-state index contributed by atoms with van der Waals surface area (Å²) in [7, 11) is 1.63. The largest absolute Gasteiger partial charge is 0.497 e. The summed E-state index contributed by atoms with van der Waals surface area (Å²) in [6, 6.07) is 14.3. The second-order valence-electron chi connectivity index (χ2n) is 8.25. The molecule has 34 heavy (non-hydrogen) atoms. The molecule has 1 amide bonds. The highest BCUT2D eigenvalue weighted by atomic mass is 32.2. The van der Waals surface area contributed by atoms with Crippen molar-refractivity contribution in [2.24, 2.45) is 5.92 Å². The fourth-order valence-corrected chi connectivity index (χ4v) is 4.81. The number of halogens is 1. The number of likely N-dealkylation sites (tertiary alicyclic amines) is 1. The van der Waals surface area contributed by atoms with Gasteiger partial charge in [0.05, 0.1) is 19.6 Å². The highest BCUT2D eigenvalue weighted by Gasteiger charge is 2.26. The van der Waals surface area contributed by atoms with Gasteiger partial charge in [-0.3, -0.25) is 9.69 Å². The van der Waals surface area contributed by atoms with Crippen LogP contribution in [0.2, 0.25) is 0 Å². The number of aromatic nitrogens is 2. The van der Waals surface area contributed by atoms with Crippen LogP contribution in [0.1, 0.15) is 24.3 Å². The van der Waals surface area contributed by atoms with Crippen molar-refractivity contribution in [3.05, 3.63) is 65.8 Å². The number of thioether (sulfide) groups is 1. The van der Waals surface area contributed by atoms with Gasteiger partial charge in [-0.05, 0) is 55.3 Å². The summed E-state index contributed by atoms with van der Waals surface area (Å²) in [5.41, 5.74) is 1.55. The predicted molar refractivity (Wildman–Crippen MR) is 130 cm³/mol. The highest BCUT2D eigenvalue weighted by Crippen LogP contribution is 2.22. The average molecular weight is 485 g/mol. The molecule has 1 aliphatic rings. The summed E-state index contributed by atoms with van der Waals surface area (Å²) < 4.78 is 24.3. The van der Waals surface area contributed by atoms with Gasteiger partial charge in [0.2, 0.25) is 17.6 Å². The Morgan fingerprint density at radius 1 is 1.26 bits per heavy atom. The SMILES string of the molecule is COc1ccc(-c2noc(CN3CCCC(C(=O)NCCSCc4ccccc4F)C3)n2)cc1. The summed E-state index contributed by atoms with van der Waals surface area (Å²) in [6.45, 7) is 2.64. The first kappa shape index (κ1) is 24.2. The van der Waals surface area contributed by atoms with Gasteiger partial charge >= 0.3 is 0 Å². The van der Waals surface area contributed by atoms with Gasteiger partial charge in [0.25, 0.3) is 0 Å². The molecule has 0 bridgehead atoms. The first-order valence-corrected chi connectivity index (χ1v) is 12.6. The number of nitrogens with one attached hydrogen (secondary N) is 1. The maximum Gasteiger partial charge on any atom is 0.241 e. The van der Waals surface area contributed by atoms with Crippen LogP contribution in [0.15, 0.2) is 53.1 Å². The molecule has 1 aliphatic heterocycles. The van der Waals surface area contributed by atoms with E-state index in [2.05, 4.69) is 20.4 Å². The molecule has 1 atom stereocenters. The topological polar surface area (TPSA) is 80.5 Å². The number of piperidine rings is 1. The van der Waals surface area contributed by atoms with Gasteiger partial charge in [0, 0.05) is 30.2 Å². The second-order valence-corrected chi connectivity index (χ2v) is 9.35. The molecule has 1 aromatic heterocycles. The molecule has 180 valence electrons. The van der Waals surface area contributed by atoms with Crippen LogP contribution >= 0.6 is 11.8 Å². The molecule has 3 aromatic rings. The summed E-state index contributed by atoms with van der Waals surface area (Å²) in [4.78, 5) is 19.4. The average Bonchev–Trinajstić information content (AvgIpc) is 3.33. The Bertz CT molecular complexity index is 1080. The lowest BCUT2D eigenvalue weighted by Crippen LogP contribution is -2.43. The third kappa shape index (κ3) is 6.57. The number of carbonyl (C=O) groups is 1. The summed E-state index contributed by atoms with van der Waals surface area (Å²) >= 11 is 1.61. The van der Waals surface area contributed by atoms with E-state index < -0.39 is 0 Å². The molecule has 1 fully saturated rings. The van der Waals surface area contributed by atoms with Crippen LogP contribution in [0, 0.1) is 11.7 Å². The molecule has 2 aromatic carbocycles. The molecule has 0 spiro atoms.